The lowest BCUT2D eigenvalue weighted by Crippen LogP contribution is -2.05. The molecule has 0 fully saturated rings. The number of carbonyl (C=O) groups is 1. The van der Waals surface area contributed by atoms with E-state index in [-0.39, 0.29) is 11.5 Å². The fraction of sp³-hybridized carbons (Fsp3) is 0.0385. The first-order valence-electron chi connectivity index (χ1n) is 9.97. The first kappa shape index (κ1) is 20.4. The van der Waals surface area contributed by atoms with Crippen LogP contribution in [0.5, 0.6) is 0 Å². The molecule has 3 aromatic carbocycles. The van der Waals surface area contributed by atoms with Gasteiger partial charge in [0.2, 0.25) is 0 Å². The van der Waals surface area contributed by atoms with Crippen molar-refractivity contribution in [3.05, 3.63) is 104 Å². The molecule has 0 saturated heterocycles. The number of hydrogen-bond acceptors (Lipinski definition) is 4. The van der Waals surface area contributed by atoms with Gasteiger partial charge in [-0.2, -0.15) is 5.26 Å². The summed E-state index contributed by atoms with van der Waals surface area (Å²) in [6, 6.07) is 26.4. The largest absolute Gasteiger partial charge is 0.321 e. The van der Waals surface area contributed by atoms with E-state index in [1.165, 1.54) is 22.5 Å². The molecule has 4 nitrogen and oxygen atoms in total. The number of nitrogens with zero attached hydrogens (tertiary/aromatic N) is 2. The number of thiazole rings is 1. The van der Waals surface area contributed by atoms with E-state index in [1.807, 2.05) is 53.9 Å². The van der Waals surface area contributed by atoms with Crippen LogP contribution in [0, 0.1) is 11.3 Å². The van der Waals surface area contributed by atoms with Crippen molar-refractivity contribution in [2.45, 2.75) is 6.42 Å². The van der Waals surface area contributed by atoms with Crippen LogP contribution in [-0.4, -0.2) is 10.9 Å². The summed E-state index contributed by atoms with van der Waals surface area (Å²) in [4.78, 5) is 17.3. The zero-order valence-electron chi connectivity index (χ0n) is 16.8. The highest BCUT2D eigenvalue weighted by Gasteiger charge is 2.29. The SMILES string of the molecule is N#C/C(=C1/C(=O)Nc2ccc(Br)cc21)c1nc(-c2ccc(Cc3ccccc3)cc2)cs1. The van der Waals surface area contributed by atoms with E-state index >= 15 is 0 Å². The highest BCUT2D eigenvalue weighted by atomic mass is 79.9. The van der Waals surface area contributed by atoms with E-state index in [2.05, 4.69) is 56.6 Å². The van der Waals surface area contributed by atoms with Crippen LogP contribution >= 0.6 is 27.3 Å². The van der Waals surface area contributed by atoms with Crippen molar-refractivity contribution in [2.24, 2.45) is 0 Å². The smallest absolute Gasteiger partial charge is 0.257 e. The lowest BCUT2D eigenvalue weighted by Gasteiger charge is -2.03. The molecular formula is C26H16BrN3OS. The Kier molecular flexibility index (Phi) is 5.44. The number of nitrogens with one attached hydrogen (secondary N) is 1. The third-order valence-corrected chi connectivity index (χ3v) is 6.66. The second-order valence-electron chi connectivity index (χ2n) is 7.40. The van der Waals surface area contributed by atoms with Crippen LogP contribution < -0.4 is 5.32 Å². The number of allylic oxidation sites excluding steroid dienone is 1. The molecule has 0 unspecified atom stereocenters. The van der Waals surface area contributed by atoms with Crippen molar-refractivity contribution >= 4 is 50.0 Å². The Morgan fingerprint density at radius 2 is 1.78 bits per heavy atom. The van der Waals surface area contributed by atoms with Gasteiger partial charge < -0.3 is 5.32 Å². The van der Waals surface area contributed by atoms with E-state index in [0.717, 1.165) is 22.2 Å². The average molecular weight is 498 g/mol. The molecule has 1 aliphatic rings. The van der Waals surface area contributed by atoms with Crippen molar-refractivity contribution < 1.29 is 4.79 Å². The Morgan fingerprint density at radius 3 is 2.53 bits per heavy atom. The predicted molar refractivity (Wildman–Crippen MR) is 132 cm³/mol. The zero-order valence-corrected chi connectivity index (χ0v) is 19.2. The first-order valence-corrected chi connectivity index (χ1v) is 11.6. The number of aromatic nitrogens is 1. The van der Waals surface area contributed by atoms with E-state index in [9.17, 15) is 10.1 Å². The third-order valence-electron chi connectivity index (χ3n) is 5.31. The van der Waals surface area contributed by atoms with Gasteiger partial charge in [0.25, 0.3) is 5.91 Å². The number of benzene rings is 3. The zero-order chi connectivity index (χ0) is 22.1. The number of amides is 1. The van der Waals surface area contributed by atoms with E-state index in [0.29, 0.717) is 21.8 Å². The molecule has 0 bridgehead atoms. The summed E-state index contributed by atoms with van der Waals surface area (Å²) in [5.41, 5.74) is 6.32. The van der Waals surface area contributed by atoms with Gasteiger partial charge in [-0.3, -0.25) is 4.79 Å². The van der Waals surface area contributed by atoms with Crippen LogP contribution in [0.15, 0.2) is 82.6 Å². The maximum atomic E-state index is 12.6. The van der Waals surface area contributed by atoms with Crippen LogP contribution in [0.25, 0.3) is 22.4 Å². The van der Waals surface area contributed by atoms with Gasteiger partial charge >= 0.3 is 0 Å². The van der Waals surface area contributed by atoms with Crippen LogP contribution in [0.1, 0.15) is 21.7 Å². The van der Waals surface area contributed by atoms with Gasteiger partial charge in [0.1, 0.15) is 16.6 Å². The fourth-order valence-electron chi connectivity index (χ4n) is 3.74. The second-order valence-corrected chi connectivity index (χ2v) is 9.18. The van der Waals surface area contributed by atoms with Gasteiger partial charge in [-0.15, -0.1) is 11.3 Å². The summed E-state index contributed by atoms with van der Waals surface area (Å²) in [5, 5.41) is 15.2. The van der Waals surface area contributed by atoms with Crippen molar-refractivity contribution in [2.75, 3.05) is 5.32 Å². The number of carbonyl (C=O) groups excluding carboxylic acids is 1. The van der Waals surface area contributed by atoms with E-state index in [4.69, 9.17) is 0 Å². The third kappa shape index (κ3) is 3.89. The minimum absolute atomic E-state index is 0.281. The maximum Gasteiger partial charge on any atom is 0.257 e. The molecule has 1 aliphatic heterocycles. The standard InChI is InChI=1S/C26H16BrN3OS/c27-19-10-11-22-20(13-19)24(25(31)29-22)21(14-28)26-30-23(15-32-26)18-8-6-17(7-9-18)12-16-4-2-1-3-5-16/h1-11,13,15H,12H2,(H,29,31)/b24-21-. The molecular weight excluding hydrogens is 482 g/mol. The minimum Gasteiger partial charge on any atom is -0.321 e. The second kappa shape index (κ2) is 8.54. The molecule has 0 radical (unpaired) electrons. The molecule has 154 valence electrons. The summed E-state index contributed by atoms with van der Waals surface area (Å²) in [6.45, 7) is 0. The van der Waals surface area contributed by atoms with Crippen LogP contribution in [0.2, 0.25) is 0 Å². The summed E-state index contributed by atoms with van der Waals surface area (Å²) in [6.07, 6.45) is 0.873. The summed E-state index contributed by atoms with van der Waals surface area (Å²) in [5.74, 6) is -0.281. The molecule has 4 aromatic rings. The number of halogens is 1. The molecule has 0 spiro atoms. The summed E-state index contributed by atoms with van der Waals surface area (Å²) >= 11 is 4.81. The van der Waals surface area contributed by atoms with Gasteiger partial charge in [-0.05, 0) is 35.7 Å². The Morgan fingerprint density at radius 1 is 1.03 bits per heavy atom. The Hall–Kier alpha value is -3.53. The maximum absolute atomic E-state index is 12.6. The van der Waals surface area contributed by atoms with E-state index in [1.54, 1.807) is 0 Å². The lowest BCUT2D eigenvalue weighted by atomic mass is 10.0. The Labute approximate surface area is 198 Å². The number of hydrogen-bond donors (Lipinski definition) is 1. The molecule has 1 aromatic heterocycles. The average Bonchev–Trinajstić information content (AvgIpc) is 3.41. The molecule has 32 heavy (non-hydrogen) atoms. The molecule has 6 heteroatoms. The highest BCUT2D eigenvalue weighted by molar-refractivity contribution is 9.10. The van der Waals surface area contributed by atoms with Gasteiger partial charge in [0.15, 0.2) is 0 Å². The van der Waals surface area contributed by atoms with Crippen molar-refractivity contribution in [3.8, 4) is 17.3 Å². The number of fused-ring (bicyclic) bond motifs is 1. The van der Waals surface area contributed by atoms with Gasteiger partial charge in [-0.25, -0.2) is 4.98 Å². The van der Waals surface area contributed by atoms with Gasteiger partial charge in [0, 0.05) is 26.7 Å². The predicted octanol–water partition coefficient (Wildman–Crippen LogP) is 6.55. The molecule has 2 heterocycles. The van der Waals surface area contributed by atoms with Gasteiger partial charge in [0.05, 0.1) is 11.3 Å². The normalized spacial score (nSPS) is 13.9. The van der Waals surface area contributed by atoms with Crippen LogP contribution in [0.4, 0.5) is 5.69 Å². The quantitative estimate of drug-likeness (QED) is 0.256. The first-order chi connectivity index (χ1) is 15.6. The number of rotatable bonds is 4. The molecule has 5 rings (SSSR count). The highest BCUT2D eigenvalue weighted by Crippen LogP contribution is 2.39. The lowest BCUT2D eigenvalue weighted by molar-refractivity contribution is -0.110. The number of anilines is 1. The van der Waals surface area contributed by atoms with Crippen LogP contribution in [-0.2, 0) is 11.2 Å². The Balaban J connectivity index is 1.46. The summed E-state index contributed by atoms with van der Waals surface area (Å²) < 4.78 is 0.845. The van der Waals surface area contributed by atoms with Crippen molar-refractivity contribution in [1.82, 2.24) is 4.98 Å². The minimum atomic E-state index is -0.281. The summed E-state index contributed by atoms with van der Waals surface area (Å²) in [7, 11) is 0. The fourth-order valence-corrected chi connectivity index (χ4v) is 4.93. The molecule has 0 aliphatic carbocycles. The Bertz CT molecular complexity index is 1400. The van der Waals surface area contributed by atoms with Crippen LogP contribution in [0.3, 0.4) is 0 Å². The monoisotopic (exact) mass is 497 g/mol. The molecule has 1 N–H and O–H groups in total. The van der Waals surface area contributed by atoms with Crippen molar-refractivity contribution in [3.63, 3.8) is 0 Å². The van der Waals surface area contributed by atoms with Crippen molar-refractivity contribution in [1.29, 1.82) is 5.26 Å². The van der Waals surface area contributed by atoms with Gasteiger partial charge in [-0.1, -0.05) is 70.5 Å². The molecule has 0 saturated carbocycles. The molecule has 1 amide bonds. The number of nitriles is 1. The van der Waals surface area contributed by atoms with E-state index < -0.39 is 0 Å². The topological polar surface area (TPSA) is 65.8 Å². The molecule has 0 atom stereocenters.